The molecule has 0 aliphatic heterocycles. The van der Waals surface area contributed by atoms with E-state index in [4.69, 9.17) is 4.42 Å². The molecule has 0 radical (unpaired) electrons. The highest BCUT2D eigenvalue weighted by molar-refractivity contribution is 5.87. The van der Waals surface area contributed by atoms with E-state index < -0.39 is 0 Å². The average Bonchev–Trinajstić information content (AvgIpc) is 2.66. The minimum Gasteiger partial charge on any atom is -0.461 e. The third-order valence-electron chi connectivity index (χ3n) is 3.28. The summed E-state index contributed by atoms with van der Waals surface area (Å²) in [7, 11) is 0. The van der Waals surface area contributed by atoms with E-state index in [-0.39, 0.29) is 0 Å². The van der Waals surface area contributed by atoms with Crippen LogP contribution in [0.3, 0.4) is 0 Å². The lowest BCUT2D eigenvalue weighted by Gasteiger charge is -2.01. The number of hydrogen-bond donors (Lipinski definition) is 0. The molecule has 0 bridgehead atoms. The molecule has 1 heterocycles. The molecule has 84 valence electrons. The first-order valence-electron chi connectivity index (χ1n) is 5.81. The Kier molecular flexibility index (Phi) is 2.25. The van der Waals surface area contributed by atoms with Gasteiger partial charge in [0.2, 0.25) is 0 Å². The first-order valence-corrected chi connectivity index (χ1v) is 5.81. The fourth-order valence-electron chi connectivity index (χ4n) is 2.15. The smallest absolute Gasteiger partial charge is 0.134 e. The Morgan fingerprint density at radius 3 is 2.35 bits per heavy atom. The maximum Gasteiger partial charge on any atom is 0.134 e. The zero-order chi connectivity index (χ0) is 11.8. The van der Waals surface area contributed by atoms with Crippen molar-refractivity contribution in [1.82, 2.24) is 0 Å². The quantitative estimate of drug-likeness (QED) is 0.580. The molecule has 3 aromatic rings. The van der Waals surface area contributed by atoms with E-state index in [1.807, 2.05) is 13.0 Å². The van der Waals surface area contributed by atoms with E-state index >= 15 is 0 Å². The molecule has 0 unspecified atom stereocenters. The van der Waals surface area contributed by atoms with Crippen LogP contribution in [0.5, 0.6) is 0 Å². The summed E-state index contributed by atoms with van der Waals surface area (Å²) < 4.78 is 5.69. The number of furan rings is 1. The van der Waals surface area contributed by atoms with Crippen molar-refractivity contribution in [3.8, 4) is 11.1 Å². The molecule has 0 fully saturated rings. The van der Waals surface area contributed by atoms with E-state index in [2.05, 4.69) is 49.4 Å². The van der Waals surface area contributed by atoms with Gasteiger partial charge in [0.25, 0.3) is 0 Å². The Morgan fingerprint density at radius 1 is 0.824 bits per heavy atom. The van der Waals surface area contributed by atoms with E-state index in [0.717, 1.165) is 11.3 Å². The van der Waals surface area contributed by atoms with Crippen LogP contribution >= 0.6 is 0 Å². The second kappa shape index (κ2) is 3.77. The van der Waals surface area contributed by atoms with Crippen LogP contribution in [-0.2, 0) is 0 Å². The molecule has 0 saturated heterocycles. The van der Waals surface area contributed by atoms with Gasteiger partial charge in [0, 0.05) is 5.39 Å². The Bertz CT molecular complexity index is 663. The summed E-state index contributed by atoms with van der Waals surface area (Å²) in [4.78, 5) is 0. The standard InChI is InChI=1S/C16H14O/c1-11-12(2)17-16-9-8-14(10-15(11)16)13-6-4-3-5-7-13/h3-10H,1-2H3. The van der Waals surface area contributed by atoms with Gasteiger partial charge in [0.05, 0.1) is 0 Å². The second-order valence-electron chi connectivity index (χ2n) is 4.36. The first kappa shape index (κ1) is 10.2. The third kappa shape index (κ3) is 1.64. The van der Waals surface area contributed by atoms with Crippen molar-refractivity contribution < 1.29 is 4.42 Å². The minimum atomic E-state index is 0.972. The number of aryl methyl sites for hydroxylation is 2. The lowest BCUT2D eigenvalue weighted by molar-refractivity contribution is 0.575. The summed E-state index contributed by atoms with van der Waals surface area (Å²) in [6, 6.07) is 16.8. The number of hydrogen-bond acceptors (Lipinski definition) is 1. The SMILES string of the molecule is Cc1oc2ccc(-c3ccccc3)cc2c1C. The highest BCUT2D eigenvalue weighted by Gasteiger charge is 2.07. The van der Waals surface area contributed by atoms with Crippen LogP contribution in [0, 0.1) is 13.8 Å². The molecule has 2 aromatic carbocycles. The topological polar surface area (TPSA) is 13.1 Å². The monoisotopic (exact) mass is 222 g/mol. The van der Waals surface area contributed by atoms with Gasteiger partial charge in [-0.15, -0.1) is 0 Å². The van der Waals surface area contributed by atoms with Crippen LogP contribution in [0.25, 0.3) is 22.1 Å². The molecule has 1 aromatic heterocycles. The van der Waals surface area contributed by atoms with E-state index in [9.17, 15) is 0 Å². The molecule has 0 amide bonds. The molecular weight excluding hydrogens is 208 g/mol. The van der Waals surface area contributed by atoms with Gasteiger partial charge in [0.1, 0.15) is 11.3 Å². The van der Waals surface area contributed by atoms with Crippen molar-refractivity contribution in [2.24, 2.45) is 0 Å². The van der Waals surface area contributed by atoms with Crippen molar-refractivity contribution in [1.29, 1.82) is 0 Å². The van der Waals surface area contributed by atoms with Gasteiger partial charge in [-0.3, -0.25) is 0 Å². The molecular formula is C16H14O. The highest BCUT2D eigenvalue weighted by Crippen LogP contribution is 2.29. The summed E-state index contributed by atoms with van der Waals surface area (Å²) in [5, 5.41) is 1.21. The van der Waals surface area contributed by atoms with Crippen molar-refractivity contribution in [3.63, 3.8) is 0 Å². The molecule has 1 heteroatoms. The number of fused-ring (bicyclic) bond motifs is 1. The summed E-state index contributed by atoms with van der Waals surface area (Å²) in [6.07, 6.45) is 0. The van der Waals surface area contributed by atoms with Crippen LogP contribution in [0.4, 0.5) is 0 Å². The maximum absolute atomic E-state index is 5.69. The normalized spacial score (nSPS) is 10.9. The maximum atomic E-state index is 5.69. The number of benzene rings is 2. The lowest BCUT2D eigenvalue weighted by Crippen LogP contribution is -1.77. The van der Waals surface area contributed by atoms with Crippen LogP contribution in [0.2, 0.25) is 0 Å². The van der Waals surface area contributed by atoms with Crippen LogP contribution in [0.1, 0.15) is 11.3 Å². The van der Waals surface area contributed by atoms with Gasteiger partial charge < -0.3 is 4.42 Å². The van der Waals surface area contributed by atoms with E-state index in [0.29, 0.717) is 0 Å². The molecule has 0 atom stereocenters. The summed E-state index contributed by atoms with van der Waals surface area (Å²) >= 11 is 0. The van der Waals surface area contributed by atoms with Crippen molar-refractivity contribution >= 4 is 11.0 Å². The predicted octanol–water partition coefficient (Wildman–Crippen LogP) is 4.72. The molecule has 0 N–H and O–H groups in total. The van der Waals surface area contributed by atoms with E-state index in [1.165, 1.54) is 22.1 Å². The molecule has 0 spiro atoms. The lowest BCUT2D eigenvalue weighted by atomic mass is 10.0. The molecule has 0 aliphatic rings. The predicted molar refractivity (Wildman–Crippen MR) is 71.1 cm³/mol. The van der Waals surface area contributed by atoms with Gasteiger partial charge in [0.15, 0.2) is 0 Å². The number of rotatable bonds is 1. The summed E-state index contributed by atoms with van der Waals surface area (Å²) in [5.74, 6) is 1.00. The summed E-state index contributed by atoms with van der Waals surface area (Å²) in [6.45, 7) is 4.12. The Hall–Kier alpha value is -2.02. The largest absolute Gasteiger partial charge is 0.461 e. The highest BCUT2D eigenvalue weighted by atomic mass is 16.3. The molecule has 1 nitrogen and oxygen atoms in total. The zero-order valence-electron chi connectivity index (χ0n) is 10.0. The Balaban J connectivity index is 2.23. The van der Waals surface area contributed by atoms with E-state index in [1.54, 1.807) is 0 Å². The van der Waals surface area contributed by atoms with Gasteiger partial charge >= 0.3 is 0 Å². The van der Waals surface area contributed by atoms with Crippen molar-refractivity contribution in [2.45, 2.75) is 13.8 Å². The fraction of sp³-hybridized carbons (Fsp3) is 0.125. The summed E-state index contributed by atoms with van der Waals surface area (Å²) in [5.41, 5.74) is 4.69. The molecule has 0 saturated carbocycles. The van der Waals surface area contributed by atoms with Crippen LogP contribution < -0.4 is 0 Å². The van der Waals surface area contributed by atoms with Gasteiger partial charge in [-0.25, -0.2) is 0 Å². The second-order valence-corrected chi connectivity index (χ2v) is 4.36. The van der Waals surface area contributed by atoms with Gasteiger partial charge in [-0.2, -0.15) is 0 Å². The van der Waals surface area contributed by atoms with Gasteiger partial charge in [-0.1, -0.05) is 36.4 Å². The van der Waals surface area contributed by atoms with Crippen LogP contribution in [-0.4, -0.2) is 0 Å². The Labute approximate surface area is 101 Å². The average molecular weight is 222 g/mol. The Morgan fingerprint density at radius 2 is 1.59 bits per heavy atom. The fourth-order valence-corrected chi connectivity index (χ4v) is 2.15. The molecule has 17 heavy (non-hydrogen) atoms. The van der Waals surface area contributed by atoms with Gasteiger partial charge in [-0.05, 0) is 42.7 Å². The van der Waals surface area contributed by atoms with Crippen LogP contribution in [0.15, 0.2) is 52.9 Å². The zero-order valence-corrected chi connectivity index (χ0v) is 10.0. The molecule has 3 rings (SSSR count). The first-order chi connectivity index (χ1) is 8.25. The minimum absolute atomic E-state index is 0.972. The third-order valence-corrected chi connectivity index (χ3v) is 3.28. The van der Waals surface area contributed by atoms with Crippen molar-refractivity contribution in [3.05, 3.63) is 59.9 Å². The van der Waals surface area contributed by atoms with Crippen molar-refractivity contribution in [2.75, 3.05) is 0 Å². The molecule has 0 aliphatic carbocycles.